The van der Waals surface area contributed by atoms with Crippen molar-refractivity contribution in [2.24, 2.45) is 0 Å². The van der Waals surface area contributed by atoms with Crippen LogP contribution in [-0.2, 0) is 0 Å². The lowest BCUT2D eigenvalue weighted by Crippen LogP contribution is -2.24. The zero-order valence-corrected chi connectivity index (χ0v) is 8.73. The van der Waals surface area contributed by atoms with Crippen LogP contribution in [0.4, 0.5) is 0 Å². The minimum absolute atomic E-state index is 0.0902. The normalized spacial score (nSPS) is 9.62. The molecule has 70 valence electrons. The Bertz CT molecular complexity index is 306. The Hall–Kier alpha value is -1.03. The summed E-state index contributed by atoms with van der Waals surface area (Å²) < 4.78 is 0.876. The van der Waals surface area contributed by atoms with E-state index >= 15 is 0 Å². The molecule has 3 nitrogen and oxygen atoms in total. The minimum Gasteiger partial charge on any atom is -0.356 e. The van der Waals surface area contributed by atoms with Crippen molar-refractivity contribution < 1.29 is 4.79 Å². The fraction of sp³-hybridized carbons (Fsp3) is 0.222. The minimum atomic E-state index is -0.0902. The maximum absolute atomic E-state index is 11.3. The molecule has 1 aromatic heterocycles. The highest BCUT2D eigenvalue weighted by atomic mass is 79.9. The lowest BCUT2D eigenvalue weighted by atomic mass is 10.3. The molecule has 0 bridgehead atoms. The van der Waals surface area contributed by atoms with Crippen LogP contribution in [0.3, 0.4) is 0 Å². The monoisotopic (exact) mass is 242 g/mol. The summed E-state index contributed by atoms with van der Waals surface area (Å²) in [7, 11) is 0. The van der Waals surface area contributed by atoms with Gasteiger partial charge in [-0.25, -0.2) is 0 Å². The summed E-state index contributed by atoms with van der Waals surface area (Å²) in [6, 6.07) is 1.74. The lowest BCUT2D eigenvalue weighted by Gasteiger charge is -1.99. The molecule has 1 amide bonds. The van der Waals surface area contributed by atoms with Gasteiger partial charge in [0.2, 0.25) is 0 Å². The molecule has 13 heavy (non-hydrogen) atoms. The number of rotatable bonds is 4. The van der Waals surface area contributed by atoms with E-state index < -0.39 is 0 Å². The van der Waals surface area contributed by atoms with Crippen LogP contribution in [-0.4, -0.2) is 17.4 Å². The van der Waals surface area contributed by atoms with Crippen molar-refractivity contribution >= 4 is 21.8 Å². The average molecular weight is 243 g/mol. The van der Waals surface area contributed by atoms with Gasteiger partial charge in [0, 0.05) is 17.2 Å². The number of carbonyl (C=O) groups excluding carboxylic acids is 1. The van der Waals surface area contributed by atoms with E-state index in [0.717, 1.165) is 10.9 Å². The molecule has 1 heterocycles. The topological polar surface area (TPSA) is 44.9 Å². The summed E-state index contributed by atoms with van der Waals surface area (Å²) in [6.07, 6.45) is 4.28. The number of aromatic amines is 1. The van der Waals surface area contributed by atoms with Gasteiger partial charge in [0.15, 0.2) is 0 Å². The van der Waals surface area contributed by atoms with Crippen LogP contribution in [0.5, 0.6) is 0 Å². The molecule has 1 aromatic rings. The van der Waals surface area contributed by atoms with E-state index in [2.05, 4.69) is 32.8 Å². The zero-order chi connectivity index (χ0) is 9.68. The van der Waals surface area contributed by atoms with Gasteiger partial charge in [-0.1, -0.05) is 6.08 Å². The van der Waals surface area contributed by atoms with Crippen LogP contribution in [0.15, 0.2) is 29.4 Å². The fourth-order valence-corrected chi connectivity index (χ4v) is 1.23. The van der Waals surface area contributed by atoms with Crippen molar-refractivity contribution in [2.45, 2.75) is 6.42 Å². The second kappa shape index (κ2) is 4.87. The molecule has 0 saturated carbocycles. The Morgan fingerprint density at radius 2 is 2.54 bits per heavy atom. The first-order chi connectivity index (χ1) is 6.24. The van der Waals surface area contributed by atoms with Gasteiger partial charge in [-0.15, -0.1) is 6.58 Å². The molecular weight excluding hydrogens is 232 g/mol. The van der Waals surface area contributed by atoms with Crippen molar-refractivity contribution in [3.63, 3.8) is 0 Å². The molecule has 0 saturated heterocycles. The van der Waals surface area contributed by atoms with Crippen LogP contribution in [0.25, 0.3) is 0 Å². The van der Waals surface area contributed by atoms with Crippen molar-refractivity contribution in [2.75, 3.05) is 6.54 Å². The molecule has 0 fully saturated rings. The molecule has 0 aliphatic heterocycles. The predicted molar refractivity (Wildman–Crippen MR) is 55.6 cm³/mol. The molecule has 0 spiro atoms. The Kier molecular flexibility index (Phi) is 3.76. The molecule has 0 aromatic carbocycles. The summed E-state index contributed by atoms with van der Waals surface area (Å²) in [5, 5.41) is 2.75. The van der Waals surface area contributed by atoms with Crippen molar-refractivity contribution in [3.05, 3.63) is 35.1 Å². The fourth-order valence-electron chi connectivity index (χ4n) is 0.882. The Morgan fingerprint density at radius 1 is 1.77 bits per heavy atom. The van der Waals surface area contributed by atoms with Crippen LogP contribution in [0.2, 0.25) is 0 Å². The number of halogens is 1. The predicted octanol–water partition coefficient (Wildman–Crippen LogP) is 2.08. The summed E-state index contributed by atoms with van der Waals surface area (Å²) in [6.45, 7) is 4.19. The average Bonchev–Trinajstić information content (AvgIpc) is 2.52. The molecule has 2 N–H and O–H groups in total. The van der Waals surface area contributed by atoms with E-state index in [4.69, 9.17) is 0 Å². The number of H-pyrrole nitrogens is 1. The first kappa shape index (κ1) is 10.1. The lowest BCUT2D eigenvalue weighted by molar-refractivity contribution is 0.0950. The third kappa shape index (κ3) is 3.06. The number of carbonyl (C=O) groups is 1. The molecular formula is C9H11BrN2O. The Labute approximate surface area is 85.4 Å². The van der Waals surface area contributed by atoms with Gasteiger partial charge in [-0.05, 0) is 28.4 Å². The van der Waals surface area contributed by atoms with E-state index in [0.29, 0.717) is 12.2 Å². The van der Waals surface area contributed by atoms with E-state index in [9.17, 15) is 4.79 Å². The summed E-state index contributed by atoms with van der Waals surface area (Å²) in [5.74, 6) is -0.0902. The number of aromatic nitrogens is 1. The van der Waals surface area contributed by atoms with Gasteiger partial charge in [-0.3, -0.25) is 4.79 Å². The molecule has 0 atom stereocenters. The molecule has 0 aliphatic carbocycles. The quantitative estimate of drug-likeness (QED) is 0.617. The molecule has 4 heteroatoms. The van der Waals surface area contributed by atoms with E-state index in [-0.39, 0.29) is 5.91 Å². The summed E-state index contributed by atoms with van der Waals surface area (Å²) >= 11 is 3.25. The van der Waals surface area contributed by atoms with Crippen molar-refractivity contribution in [3.8, 4) is 0 Å². The van der Waals surface area contributed by atoms with E-state index in [1.807, 2.05) is 0 Å². The van der Waals surface area contributed by atoms with Gasteiger partial charge in [-0.2, -0.15) is 0 Å². The second-order valence-corrected chi connectivity index (χ2v) is 3.48. The van der Waals surface area contributed by atoms with Gasteiger partial charge in [0.25, 0.3) is 5.91 Å². The van der Waals surface area contributed by atoms with E-state index in [1.165, 1.54) is 0 Å². The smallest absolute Gasteiger partial charge is 0.267 e. The Balaban J connectivity index is 2.44. The molecule has 1 rings (SSSR count). The second-order valence-electron chi connectivity index (χ2n) is 2.56. The van der Waals surface area contributed by atoms with E-state index in [1.54, 1.807) is 18.3 Å². The van der Waals surface area contributed by atoms with Crippen LogP contribution in [0.1, 0.15) is 16.9 Å². The highest BCUT2D eigenvalue weighted by Crippen LogP contribution is 2.09. The third-order valence-electron chi connectivity index (χ3n) is 1.53. The standard InChI is InChI=1S/C9H11BrN2O/c1-2-3-4-11-9(13)8-5-7(10)6-12-8/h2,5-6,12H,1,3-4H2,(H,11,13). The number of hydrogen-bond acceptors (Lipinski definition) is 1. The SMILES string of the molecule is C=CCCNC(=O)c1cc(Br)c[nH]1. The molecule has 0 radical (unpaired) electrons. The highest BCUT2D eigenvalue weighted by molar-refractivity contribution is 9.10. The largest absolute Gasteiger partial charge is 0.356 e. The van der Waals surface area contributed by atoms with Crippen molar-refractivity contribution in [1.29, 1.82) is 0 Å². The summed E-state index contributed by atoms with van der Waals surface area (Å²) in [5.41, 5.74) is 0.566. The maximum Gasteiger partial charge on any atom is 0.267 e. The van der Waals surface area contributed by atoms with Crippen LogP contribution < -0.4 is 5.32 Å². The number of hydrogen-bond donors (Lipinski definition) is 2. The van der Waals surface area contributed by atoms with Gasteiger partial charge >= 0.3 is 0 Å². The van der Waals surface area contributed by atoms with Gasteiger partial charge in [0.1, 0.15) is 5.69 Å². The first-order valence-electron chi connectivity index (χ1n) is 3.97. The third-order valence-corrected chi connectivity index (χ3v) is 1.98. The molecule has 0 unspecified atom stereocenters. The number of amides is 1. The van der Waals surface area contributed by atoms with Crippen LogP contribution >= 0.6 is 15.9 Å². The van der Waals surface area contributed by atoms with Crippen molar-refractivity contribution in [1.82, 2.24) is 10.3 Å². The Morgan fingerprint density at radius 3 is 3.08 bits per heavy atom. The summed E-state index contributed by atoms with van der Waals surface area (Å²) in [4.78, 5) is 14.2. The van der Waals surface area contributed by atoms with Crippen LogP contribution in [0, 0.1) is 0 Å². The highest BCUT2D eigenvalue weighted by Gasteiger charge is 2.05. The van der Waals surface area contributed by atoms with Gasteiger partial charge in [0.05, 0.1) is 0 Å². The zero-order valence-electron chi connectivity index (χ0n) is 7.14. The maximum atomic E-state index is 11.3. The number of nitrogens with one attached hydrogen (secondary N) is 2. The van der Waals surface area contributed by atoms with Gasteiger partial charge < -0.3 is 10.3 Å². The first-order valence-corrected chi connectivity index (χ1v) is 4.76. The molecule has 0 aliphatic rings.